The summed E-state index contributed by atoms with van der Waals surface area (Å²) < 4.78 is 7.45. The van der Waals surface area contributed by atoms with Gasteiger partial charge >= 0.3 is 6.03 Å². The lowest BCUT2D eigenvalue weighted by Crippen LogP contribution is -2.46. The molecule has 7 heteroatoms. The maximum atomic E-state index is 13.1. The predicted octanol–water partition coefficient (Wildman–Crippen LogP) is 3.93. The van der Waals surface area contributed by atoms with Gasteiger partial charge in [-0.05, 0) is 48.2 Å². The van der Waals surface area contributed by atoms with Crippen LogP contribution >= 0.6 is 0 Å². The Morgan fingerprint density at radius 2 is 2.13 bits per heavy atom. The molecule has 2 N–H and O–H groups in total. The molecule has 0 radical (unpaired) electrons. The topological polar surface area (TPSA) is 75.2 Å². The van der Waals surface area contributed by atoms with Crippen LogP contribution in [0.25, 0.3) is 10.9 Å². The highest BCUT2D eigenvalue weighted by molar-refractivity contribution is 5.93. The number of rotatable bonds is 5. The van der Waals surface area contributed by atoms with Crippen molar-refractivity contribution >= 4 is 22.6 Å². The van der Waals surface area contributed by atoms with Crippen LogP contribution in [0, 0.1) is 0 Å². The van der Waals surface area contributed by atoms with E-state index in [0.29, 0.717) is 19.5 Å². The molecule has 1 atom stereocenters. The summed E-state index contributed by atoms with van der Waals surface area (Å²) in [5.41, 5.74) is 4.29. The average Bonchev–Trinajstić information content (AvgIpc) is 3.49. The normalized spacial score (nSPS) is 15.6. The number of hydrogen-bond donors (Lipinski definition) is 2. The van der Waals surface area contributed by atoms with Gasteiger partial charge in [0.25, 0.3) is 0 Å². The van der Waals surface area contributed by atoms with E-state index in [4.69, 9.17) is 4.74 Å². The summed E-state index contributed by atoms with van der Waals surface area (Å²) in [6.45, 7) is 1.13. The van der Waals surface area contributed by atoms with Crippen molar-refractivity contribution in [3.63, 3.8) is 0 Å². The molecule has 0 aliphatic carbocycles. The van der Waals surface area contributed by atoms with E-state index >= 15 is 0 Å². The van der Waals surface area contributed by atoms with Crippen molar-refractivity contribution < 1.29 is 9.53 Å². The molecule has 4 aromatic rings. The highest BCUT2D eigenvalue weighted by atomic mass is 16.5. The monoisotopic (exact) mass is 415 g/mol. The number of urea groups is 1. The van der Waals surface area contributed by atoms with Gasteiger partial charge in [0.1, 0.15) is 5.75 Å². The maximum Gasteiger partial charge on any atom is 0.321 e. The van der Waals surface area contributed by atoms with Crippen molar-refractivity contribution in [2.24, 2.45) is 0 Å². The molecule has 31 heavy (non-hydrogen) atoms. The Labute approximate surface area is 180 Å². The van der Waals surface area contributed by atoms with E-state index in [0.717, 1.165) is 39.9 Å². The lowest BCUT2D eigenvalue weighted by atomic mass is 9.98. The number of fused-ring (bicyclic) bond motifs is 2. The SMILES string of the molecule is COc1cccc2[nH]cc(CCNC(=O)N3C[C@@H](n4cccn4)Cc4ccccc43)c12. The van der Waals surface area contributed by atoms with Gasteiger partial charge in [0, 0.05) is 41.7 Å². The molecule has 158 valence electrons. The number of para-hydroxylation sites is 1. The first-order valence-electron chi connectivity index (χ1n) is 10.5. The van der Waals surface area contributed by atoms with Gasteiger partial charge in [0.2, 0.25) is 0 Å². The third-order valence-corrected chi connectivity index (χ3v) is 5.92. The minimum absolute atomic E-state index is 0.0869. The second-order valence-corrected chi connectivity index (χ2v) is 7.76. The minimum atomic E-state index is -0.0869. The Kier molecular flexibility index (Phi) is 5.08. The summed E-state index contributed by atoms with van der Waals surface area (Å²) >= 11 is 0. The highest BCUT2D eigenvalue weighted by Gasteiger charge is 2.29. The zero-order valence-electron chi connectivity index (χ0n) is 17.4. The van der Waals surface area contributed by atoms with Crippen molar-refractivity contribution in [3.8, 4) is 5.75 Å². The Balaban J connectivity index is 1.31. The number of carbonyl (C=O) groups is 1. The standard InChI is InChI=1S/C24H25N5O2/c1-31-22-9-4-7-20-23(22)18(15-26-20)10-12-25-24(30)28-16-19(29-13-5-11-27-29)14-17-6-2-3-8-21(17)28/h2-9,11,13,15,19,26H,10,12,14,16H2,1H3,(H,25,30)/t19-/m0/s1. The van der Waals surface area contributed by atoms with Crippen molar-refractivity contribution in [1.82, 2.24) is 20.1 Å². The van der Waals surface area contributed by atoms with Gasteiger partial charge in [-0.25, -0.2) is 4.79 Å². The van der Waals surface area contributed by atoms with Crippen LogP contribution in [-0.4, -0.2) is 41.0 Å². The molecule has 2 aromatic heterocycles. The zero-order valence-corrected chi connectivity index (χ0v) is 17.4. The number of aromatic amines is 1. The van der Waals surface area contributed by atoms with Crippen molar-refractivity contribution in [2.45, 2.75) is 18.9 Å². The Morgan fingerprint density at radius 1 is 1.23 bits per heavy atom. The number of H-pyrrole nitrogens is 1. The van der Waals surface area contributed by atoms with Gasteiger partial charge in [-0.1, -0.05) is 24.3 Å². The number of benzene rings is 2. The molecular formula is C24H25N5O2. The lowest BCUT2D eigenvalue weighted by Gasteiger charge is -2.34. The summed E-state index contributed by atoms with van der Waals surface area (Å²) in [6.07, 6.45) is 7.30. The molecule has 0 unspecified atom stereocenters. The summed E-state index contributed by atoms with van der Waals surface area (Å²) in [7, 11) is 1.68. The minimum Gasteiger partial charge on any atom is -0.496 e. The Bertz CT molecular complexity index is 1200. The van der Waals surface area contributed by atoms with Crippen molar-refractivity contribution in [3.05, 3.63) is 78.2 Å². The molecule has 0 bridgehead atoms. The number of ether oxygens (including phenoxy) is 1. The maximum absolute atomic E-state index is 13.1. The van der Waals surface area contributed by atoms with Crippen LogP contribution in [0.5, 0.6) is 5.75 Å². The van der Waals surface area contributed by atoms with Gasteiger partial charge < -0.3 is 15.0 Å². The molecule has 0 saturated carbocycles. The van der Waals surface area contributed by atoms with E-state index in [2.05, 4.69) is 21.5 Å². The van der Waals surface area contributed by atoms with Crippen molar-refractivity contribution in [2.75, 3.05) is 25.1 Å². The van der Waals surface area contributed by atoms with Crippen LogP contribution in [0.15, 0.2) is 67.1 Å². The third kappa shape index (κ3) is 3.63. The van der Waals surface area contributed by atoms with Gasteiger partial charge in [0.15, 0.2) is 0 Å². The van der Waals surface area contributed by atoms with Crippen LogP contribution in [0.4, 0.5) is 10.5 Å². The smallest absolute Gasteiger partial charge is 0.321 e. The molecule has 2 amide bonds. The van der Waals surface area contributed by atoms with Gasteiger partial charge in [-0.3, -0.25) is 9.58 Å². The van der Waals surface area contributed by atoms with Crippen LogP contribution in [0.1, 0.15) is 17.2 Å². The molecule has 0 spiro atoms. The largest absolute Gasteiger partial charge is 0.496 e. The van der Waals surface area contributed by atoms with Gasteiger partial charge in [-0.15, -0.1) is 0 Å². The summed E-state index contributed by atoms with van der Waals surface area (Å²) in [5, 5.41) is 8.56. The number of nitrogens with zero attached hydrogens (tertiary/aromatic N) is 3. The van der Waals surface area contributed by atoms with E-state index in [1.807, 2.05) is 64.4 Å². The van der Waals surface area contributed by atoms with E-state index in [9.17, 15) is 4.79 Å². The molecule has 1 aliphatic heterocycles. The van der Waals surface area contributed by atoms with E-state index in [1.54, 1.807) is 13.3 Å². The fourth-order valence-electron chi connectivity index (χ4n) is 4.43. The second kappa shape index (κ2) is 8.18. The predicted molar refractivity (Wildman–Crippen MR) is 121 cm³/mol. The van der Waals surface area contributed by atoms with Gasteiger partial charge in [-0.2, -0.15) is 5.10 Å². The molecule has 0 saturated heterocycles. The highest BCUT2D eigenvalue weighted by Crippen LogP contribution is 2.32. The summed E-state index contributed by atoms with van der Waals surface area (Å²) in [4.78, 5) is 18.3. The van der Waals surface area contributed by atoms with Crippen LogP contribution in [-0.2, 0) is 12.8 Å². The molecule has 3 heterocycles. The van der Waals surface area contributed by atoms with Gasteiger partial charge in [0.05, 0.1) is 19.7 Å². The fraction of sp³-hybridized carbons (Fsp3) is 0.250. The average molecular weight is 415 g/mol. The van der Waals surface area contributed by atoms with Crippen LogP contribution in [0.2, 0.25) is 0 Å². The van der Waals surface area contributed by atoms with E-state index in [-0.39, 0.29) is 12.1 Å². The first-order chi connectivity index (χ1) is 15.2. The van der Waals surface area contributed by atoms with Crippen LogP contribution < -0.4 is 15.0 Å². The molecule has 2 aromatic carbocycles. The summed E-state index contributed by atoms with van der Waals surface area (Å²) in [6, 6.07) is 16.0. The quantitative estimate of drug-likeness (QED) is 0.519. The molecular weight excluding hydrogens is 390 g/mol. The number of hydrogen-bond acceptors (Lipinski definition) is 3. The van der Waals surface area contributed by atoms with E-state index < -0.39 is 0 Å². The Morgan fingerprint density at radius 3 is 2.97 bits per heavy atom. The number of aromatic nitrogens is 3. The van der Waals surface area contributed by atoms with Crippen molar-refractivity contribution in [1.29, 1.82) is 0 Å². The number of anilines is 1. The fourth-order valence-corrected chi connectivity index (χ4v) is 4.43. The second-order valence-electron chi connectivity index (χ2n) is 7.76. The Hall–Kier alpha value is -3.74. The molecule has 5 rings (SSSR count). The number of nitrogens with one attached hydrogen (secondary N) is 2. The summed E-state index contributed by atoms with van der Waals surface area (Å²) in [5.74, 6) is 0.840. The molecule has 0 fully saturated rings. The third-order valence-electron chi connectivity index (χ3n) is 5.92. The number of carbonyl (C=O) groups excluding carboxylic acids is 1. The number of methoxy groups -OCH3 is 1. The molecule has 7 nitrogen and oxygen atoms in total. The molecule has 1 aliphatic rings. The van der Waals surface area contributed by atoms with E-state index in [1.165, 1.54) is 0 Å². The van der Waals surface area contributed by atoms with Crippen LogP contribution in [0.3, 0.4) is 0 Å². The number of amides is 2. The first kappa shape index (κ1) is 19.2. The lowest BCUT2D eigenvalue weighted by molar-refractivity contribution is 0.244. The first-order valence-corrected chi connectivity index (χ1v) is 10.5. The zero-order chi connectivity index (χ0) is 21.2.